The van der Waals surface area contributed by atoms with Crippen LogP contribution in [0.4, 0.5) is 0 Å². The number of imidazole rings is 1. The third kappa shape index (κ3) is 2.48. The van der Waals surface area contributed by atoms with Gasteiger partial charge in [-0.3, -0.25) is 4.79 Å². The van der Waals surface area contributed by atoms with Crippen LogP contribution in [0, 0.1) is 0 Å². The van der Waals surface area contributed by atoms with Crippen LogP contribution in [0.3, 0.4) is 0 Å². The van der Waals surface area contributed by atoms with Crippen molar-refractivity contribution in [3.8, 4) is 0 Å². The second-order valence-corrected chi connectivity index (χ2v) is 6.34. The minimum atomic E-state index is 0.178. The Bertz CT molecular complexity index is 777. The van der Waals surface area contributed by atoms with Crippen LogP contribution in [-0.4, -0.2) is 33.4 Å². The largest absolute Gasteiger partial charge is 0.342 e. The lowest BCUT2D eigenvalue weighted by Gasteiger charge is -2.29. The van der Waals surface area contributed by atoms with Crippen LogP contribution in [0.2, 0.25) is 0 Å². The van der Waals surface area contributed by atoms with Crippen molar-refractivity contribution in [2.75, 3.05) is 13.1 Å². The molecule has 1 amide bonds. The highest BCUT2D eigenvalue weighted by atomic mass is 16.2. The van der Waals surface area contributed by atoms with E-state index in [9.17, 15) is 4.79 Å². The Hall–Kier alpha value is -2.36. The molecule has 0 unspecified atom stereocenters. The van der Waals surface area contributed by atoms with Crippen molar-refractivity contribution in [3.05, 3.63) is 59.2 Å². The average Bonchev–Trinajstić information content (AvgIpc) is 2.97. The first-order valence-corrected chi connectivity index (χ1v) is 8.31. The first-order valence-electron chi connectivity index (χ1n) is 8.31. The summed E-state index contributed by atoms with van der Waals surface area (Å²) in [5, 5.41) is 0. The van der Waals surface area contributed by atoms with Crippen LogP contribution in [0.25, 0.3) is 5.57 Å². The highest BCUT2D eigenvalue weighted by Gasteiger charge is 2.25. The van der Waals surface area contributed by atoms with Gasteiger partial charge >= 0.3 is 0 Å². The molecule has 23 heavy (non-hydrogen) atoms. The molecule has 4 rings (SSSR count). The molecule has 0 bridgehead atoms. The van der Waals surface area contributed by atoms with Gasteiger partial charge in [0.15, 0.2) is 0 Å². The maximum absolute atomic E-state index is 11.6. The van der Waals surface area contributed by atoms with Crippen LogP contribution < -0.4 is 0 Å². The number of aryl methyl sites for hydroxylation is 2. The van der Waals surface area contributed by atoms with Crippen LogP contribution in [0.5, 0.6) is 0 Å². The molecule has 3 heterocycles. The van der Waals surface area contributed by atoms with Crippen LogP contribution in [0.15, 0.2) is 42.2 Å². The number of hydrogen-bond acceptors (Lipinski definition) is 2. The number of nitrogens with zero attached hydrogens (tertiary/aromatic N) is 3. The van der Waals surface area contributed by atoms with Gasteiger partial charge in [-0.05, 0) is 30.4 Å². The molecule has 0 radical (unpaired) electrons. The van der Waals surface area contributed by atoms with E-state index >= 15 is 0 Å². The summed E-state index contributed by atoms with van der Waals surface area (Å²) >= 11 is 0. The second kappa shape index (κ2) is 5.69. The normalized spacial score (nSPS) is 17.5. The SMILES string of the molecule is CC(=O)N1CCC(=C2c3ccccc3CCn3ccnc32)CC1. The number of carbonyl (C=O) groups excluding carboxylic acids is 1. The predicted octanol–water partition coefficient (Wildman–Crippen LogP) is 2.88. The number of benzene rings is 1. The second-order valence-electron chi connectivity index (χ2n) is 6.34. The van der Waals surface area contributed by atoms with E-state index in [1.54, 1.807) is 6.92 Å². The predicted molar refractivity (Wildman–Crippen MR) is 89.9 cm³/mol. The average molecular weight is 307 g/mol. The maximum atomic E-state index is 11.6. The van der Waals surface area contributed by atoms with E-state index in [1.807, 2.05) is 11.1 Å². The van der Waals surface area contributed by atoms with E-state index in [0.717, 1.165) is 44.7 Å². The molecule has 1 aromatic heterocycles. The topological polar surface area (TPSA) is 38.1 Å². The zero-order chi connectivity index (χ0) is 15.8. The van der Waals surface area contributed by atoms with E-state index in [1.165, 1.54) is 22.3 Å². The number of carbonyl (C=O) groups is 1. The summed E-state index contributed by atoms with van der Waals surface area (Å²) in [5.74, 6) is 1.26. The van der Waals surface area contributed by atoms with Crippen molar-refractivity contribution in [2.45, 2.75) is 32.7 Å². The zero-order valence-corrected chi connectivity index (χ0v) is 13.5. The van der Waals surface area contributed by atoms with Crippen molar-refractivity contribution < 1.29 is 4.79 Å². The van der Waals surface area contributed by atoms with E-state index in [2.05, 4.69) is 40.0 Å². The lowest BCUT2D eigenvalue weighted by atomic mass is 9.90. The fraction of sp³-hybridized carbons (Fsp3) is 0.368. The Morgan fingerprint density at radius 1 is 1.09 bits per heavy atom. The molecular formula is C19H21N3O. The van der Waals surface area contributed by atoms with Crippen molar-refractivity contribution in [1.29, 1.82) is 0 Å². The van der Waals surface area contributed by atoms with E-state index < -0.39 is 0 Å². The van der Waals surface area contributed by atoms with E-state index in [-0.39, 0.29) is 5.91 Å². The van der Waals surface area contributed by atoms with Crippen molar-refractivity contribution in [2.24, 2.45) is 0 Å². The number of piperidine rings is 1. The summed E-state index contributed by atoms with van der Waals surface area (Å²) in [7, 11) is 0. The molecule has 0 saturated carbocycles. The third-order valence-corrected chi connectivity index (χ3v) is 5.01. The van der Waals surface area contributed by atoms with Crippen molar-refractivity contribution >= 4 is 11.5 Å². The Morgan fingerprint density at radius 2 is 1.87 bits per heavy atom. The summed E-state index contributed by atoms with van der Waals surface area (Å²) in [6.45, 7) is 4.27. The van der Waals surface area contributed by atoms with Gasteiger partial charge in [-0.2, -0.15) is 0 Å². The smallest absolute Gasteiger partial charge is 0.219 e. The van der Waals surface area contributed by atoms with Gasteiger partial charge in [0.2, 0.25) is 5.91 Å². The van der Waals surface area contributed by atoms with Gasteiger partial charge in [-0.25, -0.2) is 4.98 Å². The van der Waals surface area contributed by atoms with E-state index in [4.69, 9.17) is 0 Å². The Kier molecular flexibility index (Phi) is 3.52. The summed E-state index contributed by atoms with van der Waals surface area (Å²) in [5.41, 5.74) is 5.45. The van der Waals surface area contributed by atoms with Crippen molar-refractivity contribution in [3.63, 3.8) is 0 Å². The number of fused-ring (bicyclic) bond motifs is 2. The Morgan fingerprint density at radius 3 is 2.65 bits per heavy atom. The van der Waals surface area contributed by atoms with Gasteiger partial charge in [-0.1, -0.05) is 29.8 Å². The molecule has 0 atom stereocenters. The molecule has 1 aromatic carbocycles. The number of amides is 1. The summed E-state index contributed by atoms with van der Waals surface area (Å²) in [6, 6.07) is 8.68. The summed E-state index contributed by atoms with van der Waals surface area (Å²) in [4.78, 5) is 18.2. The maximum Gasteiger partial charge on any atom is 0.219 e. The molecule has 0 aliphatic carbocycles. The first-order chi connectivity index (χ1) is 11.2. The minimum Gasteiger partial charge on any atom is -0.342 e. The number of rotatable bonds is 0. The highest BCUT2D eigenvalue weighted by molar-refractivity contribution is 5.82. The minimum absolute atomic E-state index is 0.178. The molecule has 0 N–H and O–H groups in total. The number of hydrogen-bond donors (Lipinski definition) is 0. The molecule has 1 saturated heterocycles. The fourth-order valence-electron chi connectivity index (χ4n) is 3.75. The lowest BCUT2D eigenvalue weighted by Crippen LogP contribution is -2.34. The molecule has 118 valence electrons. The molecule has 2 aromatic rings. The van der Waals surface area contributed by atoms with Gasteiger partial charge in [-0.15, -0.1) is 0 Å². The van der Waals surface area contributed by atoms with Gasteiger partial charge in [0.25, 0.3) is 0 Å². The zero-order valence-electron chi connectivity index (χ0n) is 13.5. The molecular weight excluding hydrogens is 286 g/mol. The van der Waals surface area contributed by atoms with Crippen LogP contribution in [0.1, 0.15) is 36.7 Å². The van der Waals surface area contributed by atoms with Crippen LogP contribution >= 0.6 is 0 Å². The molecule has 4 nitrogen and oxygen atoms in total. The molecule has 1 fully saturated rings. The van der Waals surface area contributed by atoms with Gasteiger partial charge in [0.1, 0.15) is 5.82 Å². The molecule has 0 spiro atoms. The molecule has 4 heteroatoms. The Balaban J connectivity index is 1.82. The highest BCUT2D eigenvalue weighted by Crippen LogP contribution is 2.35. The Labute approximate surface area is 136 Å². The summed E-state index contributed by atoms with van der Waals surface area (Å²) < 4.78 is 2.26. The standard InChI is InChI=1S/C19H21N3O/c1-14(23)21-10-7-16(8-11-21)18-17-5-3-2-4-15(17)6-12-22-13-9-20-19(18)22/h2-5,9,13H,6-8,10-12H2,1H3. The third-order valence-electron chi connectivity index (χ3n) is 5.01. The molecule has 2 aliphatic heterocycles. The first kappa shape index (κ1) is 14.2. The lowest BCUT2D eigenvalue weighted by molar-refractivity contribution is -0.129. The van der Waals surface area contributed by atoms with Gasteiger partial charge < -0.3 is 9.47 Å². The number of likely N-dealkylation sites (tertiary alicyclic amines) is 1. The van der Waals surface area contributed by atoms with Crippen molar-refractivity contribution in [1.82, 2.24) is 14.5 Å². The summed E-state index contributed by atoms with van der Waals surface area (Å²) in [6.07, 6.45) is 6.89. The van der Waals surface area contributed by atoms with Gasteiger partial charge in [0, 0.05) is 44.5 Å². The quantitative estimate of drug-likeness (QED) is 0.750. The monoisotopic (exact) mass is 307 g/mol. The van der Waals surface area contributed by atoms with Crippen LogP contribution in [-0.2, 0) is 17.8 Å². The molecule has 2 aliphatic rings. The fourth-order valence-corrected chi connectivity index (χ4v) is 3.75. The van der Waals surface area contributed by atoms with E-state index in [0.29, 0.717) is 0 Å². The van der Waals surface area contributed by atoms with Gasteiger partial charge in [0.05, 0.1) is 0 Å². The number of aromatic nitrogens is 2.